The van der Waals surface area contributed by atoms with Crippen LogP contribution in [0.25, 0.3) is 0 Å². The zero-order valence-electron chi connectivity index (χ0n) is 12.9. The minimum atomic E-state index is 0.123. The Morgan fingerprint density at radius 3 is 3.18 bits per heavy atom. The molecule has 0 unspecified atom stereocenters. The van der Waals surface area contributed by atoms with Crippen LogP contribution in [0.15, 0.2) is 37.2 Å². The van der Waals surface area contributed by atoms with Crippen molar-refractivity contribution in [2.45, 2.75) is 19.0 Å². The topological polar surface area (TPSA) is 56.1 Å². The van der Waals surface area contributed by atoms with Gasteiger partial charge in [0, 0.05) is 39.0 Å². The summed E-state index contributed by atoms with van der Waals surface area (Å²) in [5.74, 6) is 0. The first-order chi connectivity index (χ1) is 10.8. The van der Waals surface area contributed by atoms with Gasteiger partial charge in [-0.15, -0.1) is 11.7 Å². The van der Waals surface area contributed by atoms with Crippen LogP contribution < -0.4 is 0 Å². The fraction of sp³-hybridized carbons (Fsp3) is 0.438. The number of hydrogen-bond acceptors (Lipinski definition) is 5. The second kappa shape index (κ2) is 6.81. The Hall–Kier alpha value is -2.05. The highest BCUT2D eigenvalue weighted by atomic mass is 16.5. The molecule has 0 amide bonds. The van der Waals surface area contributed by atoms with Gasteiger partial charge in [-0.25, -0.2) is 0 Å². The molecule has 3 heterocycles. The zero-order chi connectivity index (χ0) is 15.4. The molecule has 22 heavy (non-hydrogen) atoms. The van der Waals surface area contributed by atoms with Crippen molar-refractivity contribution in [3.05, 3.63) is 54.1 Å². The maximum absolute atomic E-state index is 5.70. The number of nitrogens with zero attached hydrogens (tertiary/aromatic N) is 5. The van der Waals surface area contributed by atoms with E-state index in [-0.39, 0.29) is 6.04 Å². The third kappa shape index (κ3) is 3.08. The number of pyridine rings is 1. The smallest absolute Gasteiger partial charge is 0.105 e. The van der Waals surface area contributed by atoms with Crippen LogP contribution in [0.1, 0.15) is 23.0 Å². The zero-order valence-corrected chi connectivity index (χ0v) is 12.9. The summed E-state index contributed by atoms with van der Waals surface area (Å²) in [7, 11) is 1.95. The van der Waals surface area contributed by atoms with Crippen LogP contribution in [-0.4, -0.2) is 44.6 Å². The van der Waals surface area contributed by atoms with E-state index in [0.717, 1.165) is 25.2 Å². The average molecular weight is 299 g/mol. The first kappa shape index (κ1) is 14.9. The molecule has 116 valence electrons. The second-order valence-corrected chi connectivity index (χ2v) is 5.47. The van der Waals surface area contributed by atoms with Gasteiger partial charge in [0.2, 0.25) is 0 Å². The van der Waals surface area contributed by atoms with Crippen molar-refractivity contribution in [3.8, 4) is 0 Å². The number of aryl methyl sites for hydroxylation is 1. The van der Waals surface area contributed by atoms with E-state index in [1.54, 1.807) is 12.3 Å². The molecule has 0 spiro atoms. The van der Waals surface area contributed by atoms with Gasteiger partial charge in [0.05, 0.1) is 24.9 Å². The van der Waals surface area contributed by atoms with Crippen LogP contribution >= 0.6 is 0 Å². The van der Waals surface area contributed by atoms with E-state index in [1.807, 2.05) is 24.0 Å². The Morgan fingerprint density at radius 2 is 2.41 bits per heavy atom. The summed E-state index contributed by atoms with van der Waals surface area (Å²) in [6.07, 6.45) is 6.43. The highest BCUT2D eigenvalue weighted by Crippen LogP contribution is 2.29. The highest BCUT2D eigenvalue weighted by molar-refractivity contribution is 5.20. The van der Waals surface area contributed by atoms with Crippen LogP contribution in [-0.2, 0) is 24.8 Å². The van der Waals surface area contributed by atoms with Crippen molar-refractivity contribution < 1.29 is 4.74 Å². The van der Waals surface area contributed by atoms with Crippen LogP contribution in [0, 0.1) is 0 Å². The third-order valence-electron chi connectivity index (χ3n) is 3.99. The number of hydrogen-bond donors (Lipinski definition) is 0. The lowest BCUT2D eigenvalue weighted by Gasteiger charge is -2.34. The minimum absolute atomic E-state index is 0.123. The normalized spacial score (nSPS) is 18.1. The maximum atomic E-state index is 5.70. The van der Waals surface area contributed by atoms with E-state index in [1.165, 1.54) is 11.3 Å². The van der Waals surface area contributed by atoms with Crippen molar-refractivity contribution in [3.63, 3.8) is 0 Å². The maximum Gasteiger partial charge on any atom is 0.105 e. The predicted molar refractivity (Wildman–Crippen MR) is 83.1 cm³/mol. The number of aromatic nitrogens is 4. The molecule has 2 aromatic rings. The largest absolute Gasteiger partial charge is 0.375 e. The van der Waals surface area contributed by atoms with E-state index in [0.29, 0.717) is 13.2 Å². The van der Waals surface area contributed by atoms with Gasteiger partial charge >= 0.3 is 0 Å². The van der Waals surface area contributed by atoms with Crippen molar-refractivity contribution in [2.24, 2.45) is 7.05 Å². The lowest BCUT2D eigenvalue weighted by Crippen LogP contribution is -2.38. The Labute approximate surface area is 130 Å². The van der Waals surface area contributed by atoms with Crippen molar-refractivity contribution >= 4 is 0 Å². The van der Waals surface area contributed by atoms with Crippen LogP contribution in [0.3, 0.4) is 0 Å². The van der Waals surface area contributed by atoms with E-state index in [9.17, 15) is 0 Å². The molecule has 0 saturated carbocycles. The van der Waals surface area contributed by atoms with E-state index in [4.69, 9.17) is 4.74 Å². The molecule has 1 aliphatic rings. The number of fused-ring (bicyclic) bond motifs is 1. The molecule has 0 fully saturated rings. The van der Waals surface area contributed by atoms with Gasteiger partial charge in [-0.05, 0) is 11.6 Å². The van der Waals surface area contributed by atoms with Gasteiger partial charge in [0.15, 0.2) is 0 Å². The summed E-state index contributed by atoms with van der Waals surface area (Å²) in [4.78, 5) is 6.58. The molecule has 6 heteroatoms. The van der Waals surface area contributed by atoms with E-state index in [2.05, 4.69) is 32.8 Å². The fourth-order valence-corrected chi connectivity index (χ4v) is 2.88. The van der Waals surface area contributed by atoms with Crippen molar-refractivity contribution in [1.29, 1.82) is 0 Å². The molecule has 0 saturated heterocycles. The Kier molecular flexibility index (Phi) is 4.60. The summed E-state index contributed by atoms with van der Waals surface area (Å²) >= 11 is 0. The molecular weight excluding hydrogens is 278 g/mol. The molecule has 3 rings (SSSR count). The lowest BCUT2D eigenvalue weighted by molar-refractivity contribution is 0.0599. The number of ether oxygens (including phenoxy) is 1. The molecule has 6 nitrogen and oxygen atoms in total. The van der Waals surface area contributed by atoms with Gasteiger partial charge in [0.25, 0.3) is 0 Å². The van der Waals surface area contributed by atoms with Gasteiger partial charge in [-0.1, -0.05) is 17.4 Å². The third-order valence-corrected chi connectivity index (χ3v) is 3.99. The quantitative estimate of drug-likeness (QED) is 0.598. The summed E-state index contributed by atoms with van der Waals surface area (Å²) in [6, 6.07) is 4.19. The minimum Gasteiger partial charge on any atom is -0.375 e. The molecule has 0 aromatic carbocycles. The summed E-state index contributed by atoms with van der Waals surface area (Å²) in [6.45, 7) is 6.65. The Bertz CT molecular complexity index is 625. The summed E-state index contributed by atoms with van der Waals surface area (Å²) in [5, 5.41) is 8.53. The fourth-order valence-electron chi connectivity index (χ4n) is 2.88. The standard InChI is InChI=1S/C16H21N5O/c1-3-9-22-12-15-16-14(20(2)19-18-16)6-8-21(15)11-13-5-4-7-17-10-13/h3-5,7,10,15H,1,6,8-9,11-12H2,2H3/t15-/m0/s1. The molecule has 1 atom stereocenters. The van der Waals surface area contributed by atoms with Gasteiger partial charge < -0.3 is 4.74 Å². The molecule has 1 aliphatic heterocycles. The molecule has 0 N–H and O–H groups in total. The molecule has 0 radical (unpaired) electrons. The molecule has 2 aromatic heterocycles. The van der Waals surface area contributed by atoms with Gasteiger partial charge in [0.1, 0.15) is 5.69 Å². The predicted octanol–water partition coefficient (Wildman–Crippen LogP) is 1.51. The first-order valence-corrected chi connectivity index (χ1v) is 7.49. The second-order valence-electron chi connectivity index (χ2n) is 5.47. The van der Waals surface area contributed by atoms with E-state index < -0.39 is 0 Å². The lowest BCUT2D eigenvalue weighted by atomic mass is 10.0. The molecular formula is C16H21N5O. The van der Waals surface area contributed by atoms with Crippen LogP contribution in [0.5, 0.6) is 0 Å². The van der Waals surface area contributed by atoms with Crippen molar-refractivity contribution in [1.82, 2.24) is 24.9 Å². The Balaban J connectivity index is 1.80. The Morgan fingerprint density at radius 1 is 1.50 bits per heavy atom. The van der Waals surface area contributed by atoms with Crippen molar-refractivity contribution in [2.75, 3.05) is 19.8 Å². The summed E-state index contributed by atoms with van der Waals surface area (Å²) in [5.41, 5.74) is 3.43. The van der Waals surface area contributed by atoms with Crippen LogP contribution in [0.2, 0.25) is 0 Å². The highest BCUT2D eigenvalue weighted by Gasteiger charge is 2.31. The summed E-state index contributed by atoms with van der Waals surface area (Å²) < 4.78 is 7.58. The first-order valence-electron chi connectivity index (χ1n) is 7.49. The SMILES string of the molecule is C=CCOC[C@H]1c2nnn(C)c2CCN1Cc1cccnc1. The van der Waals surface area contributed by atoms with Crippen LogP contribution in [0.4, 0.5) is 0 Å². The van der Waals surface area contributed by atoms with Gasteiger partial charge in [-0.3, -0.25) is 14.6 Å². The molecule has 0 aliphatic carbocycles. The monoisotopic (exact) mass is 299 g/mol. The number of rotatable bonds is 6. The molecule has 0 bridgehead atoms. The van der Waals surface area contributed by atoms with Gasteiger partial charge in [-0.2, -0.15) is 0 Å². The van der Waals surface area contributed by atoms with E-state index >= 15 is 0 Å². The average Bonchev–Trinajstić information content (AvgIpc) is 2.92.